The van der Waals surface area contributed by atoms with E-state index in [1.54, 1.807) is 48.5 Å². The third-order valence-electron chi connectivity index (χ3n) is 2.95. The number of ether oxygens (including phenoxy) is 2. The van der Waals surface area contributed by atoms with Crippen LogP contribution in [0.5, 0.6) is 23.0 Å². The maximum Gasteiger partial charge on any atom is 0.165 e. The second-order valence-electron chi connectivity index (χ2n) is 4.42. The second kappa shape index (κ2) is 5.58. The summed E-state index contributed by atoms with van der Waals surface area (Å²) in [6, 6.07) is 14.2. The molecule has 0 fully saturated rings. The van der Waals surface area contributed by atoms with Crippen molar-refractivity contribution in [3.63, 3.8) is 0 Å². The molecule has 0 spiro atoms. The molecule has 0 atom stereocenters. The summed E-state index contributed by atoms with van der Waals surface area (Å²) < 4.78 is 12.5. The van der Waals surface area contributed by atoms with Crippen LogP contribution in [0.4, 0.5) is 0 Å². The average Bonchev–Trinajstić information content (AvgIpc) is 2.96. The zero-order valence-corrected chi connectivity index (χ0v) is 11.4. The number of hydrogen-bond acceptors (Lipinski definition) is 4. The van der Waals surface area contributed by atoms with Crippen molar-refractivity contribution >= 4 is 0 Å². The molecule has 106 valence electrons. The van der Waals surface area contributed by atoms with Crippen LogP contribution in [0.3, 0.4) is 0 Å². The molecule has 0 aliphatic heterocycles. The lowest BCUT2D eigenvalue weighted by Crippen LogP contribution is -1.93. The van der Waals surface area contributed by atoms with E-state index in [1.165, 1.54) is 0 Å². The van der Waals surface area contributed by atoms with E-state index in [1.807, 2.05) is 24.3 Å². The first kappa shape index (κ1) is 13.1. The van der Waals surface area contributed by atoms with Gasteiger partial charge in [0, 0.05) is 6.07 Å². The average molecular weight is 282 g/mol. The number of phenolic OH excluding ortho intramolecular Hbond substituents is 1. The fraction of sp³-hybridized carbons (Fsp3) is 0.0625. The van der Waals surface area contributed by atoms with Gasteiger partial charge in [0.05, 0.1) is 25.2 Å². The quantitative estimate of drug-likeness (QED) is 0.797. The number of aromatic hydroxyl groups is 1. The largest absolute Gasteiger partial charge is 0.508 e. The monoisotopic (exact) mass is 282 g/mol. The van der Waals surface area contributed by atoms with Crippen LogP contribution in [0.15, 0.2) is 60.9 Å². The van der Waals surface area contributed by atoms with Crippen LogP contribution in [-0.4, -0.2) is 22.0 Å². The zero-order valence-electron chi connectivity index (χ0n) is 11.4. The van der Waals surface area contributed by atoms with Crippen molar-refractivity contribution in [2.24, 2.45) is 0 Å². The first-order valence-electron chi connectivity index (χ1n) is 6.40. The lowest BCUT2D eigenvalue weighted by atomic mass is 10.3. The molecule has 21 heavy (non-hydrogen) atoms. The minimum absolute atomic E-state index is 0.162. The molecule has 1 N–H and O–H groups in total. The first-order valence-corrected chi connectivity index (χ1v) is 6.40. The Morgan fingerprint density at radius 2 is 1.81 bits per heavy atom. The van der Waals surface area contributed by atoms with E-state index in [9.17, 15) is 5.11 Å². The van der Waals surface area contributed by atoms with Crippen LogP contribution >= 0.6 is 0 Å². The van der Waals surface area contributed by atoms with Gasteiger partial charge in [-0.1, -0.05) is 6.07 Å². The minimum atomic E-state index is 0.162. The highest BCUT2D eigenvalue weighted by Gasteiger charge is 2.04. The predicted octanol–water partition coefficient (Wildman–Crippen LogP) is 3.38. The molecule has 0 unspecified atom stereocenters. The lowest BCUT2D eigenvalue weighted by Gasteiger charge is -2.04. The summed E-state index contributed by atoms with van der Waals surface area (Å²) in [5, 5.41) is 13.7. The number of phenols is 1. The molecule has 0 amide bonds. The molecule has 5 nitrogen and oxygen atoms in total. The van der Waals surface area contributed by atoms with Gasteiger partial charge in [0.25, 0.3) is 0 Å². The fourth-order valence-corrected chi connectivity index (χ4v) is 1.92. The van der Waals surface area contributed by atoms with E-state index in [-0.39, 0.29) is 5.75 Å². The van der Waals surface area contributed by atoms with Crippen LogP contribution in [0.2, 0.25) is 0 Å². The summed E-state index contributed by atoms with van der Waals surface area (Å²) in [4.78, 5) is 0. The van der Waals surface area contributed by atoms with Crippen LogP contribution in [0.25, 0.3) is 5.69 Å². The summed E-state index contributed by atoms with van der Waals surface area (Å²) in [7, 11) is 1.63. The zero-order chi connectivity index (χ0) is 14.7. The van der Waals surface area contributed by atoms with Gasteiger partial charge in [-0.05, 0) is 36.4 Å². The molecule has 1 aromatic heterocycles. The molecule has 2 aromatic carbocycles. The Morgan fingerprint density at radius 1 is 1.00 bits per heavy atom. The van der Waals surface area contributed by atoms with Gasteiger partial charge in [0.1, 0.15) is 17.2 Å². The Kier molecular flexibility index (Phi) is 3.47. The molecule has 0 bridgehead atoms. The molecule has 0 radical (unpaired) electrons. The SMILES string of the molecule is COc1ccc(-n2cc(Oc3cccc(O)c3)cn2)cc1. The standard InChI is InChI=1S/C16H14N2O3/c1-20-14-7-5-12(6-8-14)18-11-16(10-17-18)21-15-4-2-3-13(19)9-15/h2-11,19H,1H3. The van der Waals surface area contributed by atoms with Crippen LogP contribution in [-0.2, 0) is 0 Å². The number of hydrogen-bond donors (Lipinski definition) is 1. The normalized spacial score (nSPS) is 10.3. The molecular weight excluding hydrogens is 268 g/mol. The summed E-state index contributed by atoms with van der Waals surface area (Å²) >= 11 is 0. The van der Waals surface area contributed by atoms with Gasteiger partial charge in [-0.25, -0.2) is 4.68 Å². The molecule has 0 saturated heterocycles. The first-order chi connectivity index (χ1) is 10.2. The summed E-state index contributed by atoms with van der Waals surface area (Å²) in [6.45, 7) is 0. The Morgan fingerprint density at radius 3 is 2.52 bits per heavy atom. The van der Waals surface area contributed by atoms with Crippen LogP contribution in [0.1, 0.15) is 0 Å². The minimum Gasteiger partial charge on any atom is -0.508 e. The highest BCUT2D eigenvalue weighted by molar-refractivity contribution is 5.39. The molecule has 3 aromatic rings. The Hall–Kier alpha value is -2.95. The number of methoxy groups -OCH3 is 1. The highest BCUT2D eigenvalue weighted by atomic mass is 16.5. The lowest BCUT2D eigenvalue weighted by molar-refractivity contribution is 0.414. The van der Waals surface area contributed by atoms with Crippen molar-refractivity contribution in [3.05, 3.63) is 60.9 Å². The molecule has 0 aliphatic rings. The smallest absolute Gasteiger partial charge is 0.165 e. The molecule has 3 rings (SSSR count). The van der Waals surface area contributed by atoms with E-state index in [0.717, 1.165) is 11.4 Å². The Labute approximate surface area is 122 Å². The van der Waals surface area contributed by atoms with Gasteiger partial charge in [-0.15, -0.1) is 0 Å². The second-order valence-corrected chi connectivity index (χ2v) is 4.42. The number of rotatable bonds is 4. The fourth-order valence-electron chi connectivity index (χ4n) is 1.92. The number of benzene rings is 2. The maximum atomic E-state index is 9.41. The van der Waals surface area contributed by atoms with E-state index < -0.39 is 0 Å². The van der Waals surface area contributed by atoms with Gasteiger partial charge in [-0.3, -0.25) is 0 Å². The molecular formula is C16H14N2O3. The maximum absolute atomic E-state index is 9.41. The van der Waals surface area contributed by atoms with Gasteiger partial charge in [0.15, 0.2) is 5.75 Å². The van der Waals surface area contributed by atoms with E-state index >= 15 is 0 Å². The van der Waals surface area contributed by atoms with Crippen LogP contribution < -0.4 is 9.47 Å². The summed E-state index contributed by atoms with van der Waals surface area (Å²) in [6.07, 6.45) is 3.39. The third-order valence-corrected chi connectivity index (χ3v) is 2.95. The van der Waals surface area contributed by atoms with Gasteiger partial charge < -0.3 is 14.6 Å². The van der Waals surface area contributed by atoms with E-state index in [4.69, 9.17) is 9.47 Å². The van der Waals surface area contributed by atoms with Crippen molar-refractivity contribution in [2.45, 2.75) is 0 Å². The Balaban J connectivity index is 1.79. The van der Waals surface area contributed by atoms with Gasteiger partial charge in [0.2, 0.25) is 0 Å². The third kappa shape index (κ3) is 2.97. The van der Waals surface area contributed by atoms with E-state index in [0.29, 0.717) is 11.5 Å². The topological polar surface area (TPSA) is 56.5 Å². The summed E-state index contributed by atoms with van der Waals surface area (Å²) in [5.41, 5.74) is 0.904. The molecule has 1 heterocycles. The predicted molar refractivity (Wildman–Crippen MR) is 78.3 cm³/mol. The van der Waals surface area contributed by atoms with Crippen molar-refractivity contribution in [3.8, 4) is 28.7 Å². The van der Waals surface area contributed by atoms with Gasteiger partial charge >= 0.3 is 0 Å². The van der Waals surface area contributed by atoms with Crippen LogP contribution in [0, 0.1) is 0 Å². The van der Waals surface area contributed by atoms with E-state index in [2.05, 4.69) is 5.10 Å². The van der Waals surface area contributed by atoms with Crippen molar-refractivity contribution in [1.29, 1.82) is 0 Å². The van der Waals surface area contributed by atoms with Crippen molar-refractivity contribution < 1.29 is 14.6 Å². The molecule has 0 saturated carbocycles. The number of nitrogens with zero attached hydrogens (tertiary/aromatic N) is 2. The van der Waals surface area contributed by atoms with Gasteiger partial charge in [-0.2, -0.15) is 5.10 Å². The summed E-state index contributed by atoms with van der Waals surface area (Å²) in [5.74, 6) is 2.11. The van der Waals surface area contributed by atoms with Crippen molar-refractivity contribution in [1.82, 2.24) is 9.78 Å². The number of aromatic nitrogens is 2. The molecule has 5 heteroatoms. The Bertz CT molecular complexity index is 735. The molecule has 0 aliphatic carbocycles. The van der Waals surface area contributed by atoms with Crippen molar-refractivity contribution in [2.75, 3.05) is 7.11 Å². The highest BCUT2D eigenvalue weighted by Crippen LogP contribution is 2.25.